The van der Waals surface area contributed by atoms with Crippen LogP contribution in [0.15, 0.2) is 6.07 Å². The molecule has 0 saturated heterocycles. The summed E-state index contributed by atoms with van der Waals surface area (Å²) in [5.74, 6) is -1.30. The summed E-state index contributed by atoms with van der Waals surface area (Å²) in [5.41, 5.74) is -0.594. The number of aliphatic hydroxyl groups is 1. The Labute approximate surface area is 204 Å². The molecule has 7 atom stereocenters. The molecule has 0 unspecified atom stereocenters. The number of carbonyl (C=O) groups excluding carboxylic acids is 3. The maximum absolute atomic E-state index is 13.4. The molecule has 2 aliphatic carbocycles. The molecule has 8 heteroatoms. The van der Waals surface area contributed by atoms with Crippen LogP contribution in [-0.4, -0.2) is 51.8 Å². The molecule has 2 aliphatic heterocycles. The molecule has 0 aromatic heterocycles. The van der Waals surface area contributed by atoms with Crippen molar-refractivity contribution in [2.24, 2.45) is 22.7 Å². The lowest BCUT2D eigenvalue weighted by Gasteiger charge is -2.64. The summed E-state index contributed by atoms with van der Waals surface area (Å²) >= 11 is 0. The van der Waals surface area contributed by atoms with E-state index in [1.54, 1.807) is 0 Å². The van der Waals surface area contributed by atoms with Crippen LogP contribution in [-0.2, 0) is 31.9 Å². The van der Waals surface area contributed by atoms with Gasteiger partial charge in [0.2, 0.25) is 0 Å². The lowest BCUT2D eigenvalue weighted by atomic mass is 9.43. The maximum atomic E-state index is 13.4. The molecule has 0 amide bonds. The first kappa shape index (κ1) is 24.1. The van der Waals surface area contributed by atoms with E-state index in [9.17, 15) is 24.6 Å². The number of aromatic hydroxyl groups is 1. The van der Waals surface area contributed by atoms with Gasteiger partial charge < -0.3 is 24.4 Å². The van der Waals surface area contributed by atoms with Gasteiger partial charge in [-0.15, -0.1) is 0 Å². The molecule has 4 aliphatic rings. The van der Waals surface area contributed by atoms with E-state index in [0.717, 1.165) is 5.56 Å². The van der Waals surface area contributed by atoms with E-state index in [2.05, 4.69) is 6.92 Å². The molecule has 1 aromatic rings. The molecule has 0 bridgehead atoms. The number of phenolic OH excluding ortho intramolecular Hbond substituents is 1. The van der Waals surface area contributed by atoms with Gasteiger partial charge >= 0.3 is 11.9 Å². The summed E-state index contributed by atoms with van der Waals surface area (Å²) in [7, 11) is 0. The Balaban J connectivity index is 1.66. The number of cyclic esters (lactones) is 1. The molecule has 2 N–H and O–H groups in total. The van der Waals surface area contributed by atoms with Gasteiger partial charge in [0.25, 0.3) is 0 Å². The van der Waals surface area contributed by atoms with E-state index < -0.39 is 40.6 Å². The van der Waals surface area contributed by atoms with E-state index in [4.69, 9.17) is 14.2 Å². The molecular formula is C27H34O8. The smallest absolute Gasteiger partial charge is 0.342 e. The third-order valence-corrected chi connectivity index (χ3v) is 9.37. The Morgan fingerprint density at radius 3 is 2.46 bits per heavy atom. The van der Waals surface area contributed by atoms with Crippen LogP contribution in [0.4, 0.5) is 0 Å². The van der Waals surface area contributed by atoms with E-state index in [-0.39, 0.29) is 35.0 Å². The van der Waals surface area contributed by atoms with Crippen LogP contribution in [0.2, 0.25) is 0 Å². The first-order valence-corrected chi connectivity index (χ1v) is 12.4. The van der Waals surface area contributed by atoms with Crippen LogP contribution in [0.25, 0.3) is 0 Å². The number of hydrogen-bond donors (Lipinski definition) is 2. The molecule has 1 aromatic carbocycles. The molecule has 2 saturated carbocycles. The topological polar surface area (TPSA) is 119 Å². The zero-order valence-corrected chi connectivity index (χ0v) is 21.1. The molecule has 0 radical (unpaired) electrons. The highest BCUT2D eigenvalue weighted by Crippen LogP contribution is 2.64. The Bertz CT molecular complexity index is 1140. The average molecular weight is 487 g/mol. The second kappa shape index (κ2) is 7.45. The van der Waals surface area contributed by atoms with Crippen LogP contribution in [0.5, 0.6) is 11.5 Å². The minimum absolute atomic E-state index is 0.123. The highest BCUT2D eigenvalue weighted by Gasteiger charge is 2.68. The molecule has 0 spiro atoms. The molecule has 2 heterocycles. The average Bonchev–Trinajstić information content (AvgIpc) is 2.73. The number of phenols is 1. The molecule has 8 nitrogen and oxygen atoms in total. The number of hydrogen-bond acceptors (Lipinski definition) is 8. The van der Waals surface area contributed by atoms with E-state index in [1.165, 1.54) is 13.0 Å². The summed E-state index contributed by atoms with van der Waals surface area (Å²) in [5, 5.41) is 22.0. The molecule has 5 rings (SSSR count). The minimum Gasteiger partial charge on any atom is -0.507 e. The van der Waals surface area contributed by atoms with Gasteiger partial charge in [-0.1, -0.05) is 20.8 Å². The zero-order chi connectivity index (χ0) is 25.7. The third kappa shape index (κ3) is 3.25. The first-order chi connectivity index (χ1) is 16.2. The number of Topliss-reactive ketones (excluding diaryl/α,β-unsaturated/α-hetero) is 1. The maximum Gasteiger partial charge on any atom is 0.342 e. The number of aliphatic hydroxyl groups excluding tert-OH is 1. The van der Waals surface area contributed by atoms with Gasteiger partial charge in [0, 0.05) is 30.7 Å². The molecular weight excluding hydrogens is 452 g/mol. The molecule has 2 fully saturated rings. The van der Waals surface area contributed by atoms with Gasteiger partial charge in [-0.2, -0.15) is 0 Å². The predicted octanol–water partition coefficient (Wildman–Crippen LogP) is 3.12. The SMILES string of the molecule is CC(=O)O[C@@H]1C[C@]2(C)[C@H]3Cc4c(cc(O)c5c4C[C@H](C)OC5=O)O[C@@]3(C)[C@@H](O)C[C@H]2C(C)(C)C1=O. The van der Waals surface area contributed by atoms with Crippen LogP contribution < -0.4 is 4.74 Å². The Morgan fingerprint density at radius 2 is 1.80 bits per heavy atom. The molecule has 190 valence electrons. The second-order valence-electron chi connectivity index (χ2n) is 11.9. The normalized spacial score (nSPS) is 39.2. The lowest BCUT2D eigenvalue weighted by Crippen LogP contribution is -2.70. The highest BCUT2D eigenvalue weighted by molar-refractivity contribution is 5.96. The lowest BCUT2D eigenvalue weighted by molar-refractivity contribution is -0.225. The van der Waals surface area contributed by atoms with Crippen molar-refractivity contribution >= 4 is 17.7 Å². The van der Waals surface area contributed by atoms with Crippen LogP contribution in [0.1, 0.15) is 75.9 Å². The predicted molar refractivity (Wildman–Crippen MR) is 124 cm³/mol. The van der Waals surface area contributed by atoms with Crippen molar-refractivity contribution in [3.8, 4) is 11.5 Å². The number of ether oxygens (including phenoxy) is 3. The van der Waals surface area contributed by atoms with E-state index in [1.807, 2.05) is 27.7 Å². The second-order valence-corrected chi connectivity index (χ2v) is 11.9. The number of carbonyl (C=O) groups is 3. The monoisotopic (exact) mass is 486 g/mol. The first-order valence-electron chi connectivity index (χ1n) is 12.4. The van der Waals surface area contributed by atoms with Crippen molar-refractivity contribution in [2.75, 3.05) is 0 Å². The van der Waals surface area contributed by atoms with Crippen molar-refractivity contribution in [1.29, 1.82) is 0 Å². The largest absolute Gasteiger partial charge is 0.507 e. The number of esters is 2. The fraction of sp³-hybridized carbons (Fsp3) is 0.667. The fourth-order valence-corrected chi connectivity index (χ4v) is 7.73. The third-order valence-electron chi connectivity index (χ3n) is 9.37. The summed E-state index contributed by atoms with van der Waals surface area (Å²) in [6, 6.07) is 1.45. The van der Waals surface area contributed by atoms with Gasteiger partial charge in [0.05, 0.1) is 6.10 Å². The van der Waals surface area contributed by atoms with Crippen molar-refractivity contribution in [1.82, 2.24) is 0 Å². The van der Waals surface area contributed by atoms with Gasteiger partial charge in [0.1, 0.15) is 28.8 Å². The van der Waals surface area contributed by atoms with Crippen molar-refractivity contribution in [3.05, 3.63) is 22.8 Å². The summed E-state index contributed by atoms with van der Waals surface area (Å²) in [6.07, 6.45) is -0.405. The molecule has 35 heavy (non-hydrogen) atoms. The summed E-state index contributed by atoms with van der Waals surface area (Å²) in [4.78, 5) is 37.8. The summed E-state index contributed by atoms with van der Waals surface area (Å²) < 4.78 is 17.4. The quantitative estimate of drug-likeness (QED) is 0.581. The Morgan fingerprint density at radius 1 is 1.11 bits per heavy atom. The highest BCUT2D eigenvalue weighted by atomic mass is 16.6. The van der Waals surface area contributed by atoms with Gasteiger partial charge in [-0.25, -0.2) is 4.79 Å². The van der Waals surface area contributed by atoms with Gasteiger partial charge in [-0.05, 0) is 55.6 Å². The van der Waals surface area contributed by atoms with E-state index >= 15 is 0 Å². The van der Waals surface area contributed by atoms with Crippen LogP contribution in [0, 0.1) is 22.7 Å². The van der Waals surface area contributed by atoms with Crippen molar-refractivity contribution in [2.45, 2.75) is 91.1 Å². The van der Waals surface area contributed by atoms with Gasteiger partial charge in [-0.3, -0.25) is 9.59 Å². The van der Waals surface area contributed by atoms with Crippen LogP contribution in [0.3, 0.4) is 0 Å². The van der Waals surface area contributed by atoms with Crippen molar-refractivity contribution < 1.29 is 38.8 Å². The number of rotatable bonds is 1. The van der Waals surface area contributed by atoms with Crippen molar-refractivity contribution in [3.63, 3.8) is 0 Å². The Hall–Kier alpha value is -2.61. The van der Waals surface area contributed by atoms with E-state index in [0.29, 0.717) is 37.0 Å². The minimum atomic E-state index is -0.989. The zero-order valence-electron chi connectivity index (χ0n) is 21.1. The van der Waals surface area contributed by atoms with Gasteiger partial charge in [0.15, 0.2) is 11.9 Å². The van der Waals surface area contributed by atoms with Crippen LogP contribution >= 0.6 is 0 Å². The number of ketones is 1. The standard InChI is InChI=1S/C27H34O8/c1-12-7-15-14-8-20-26(5)11-18(34-13(2)28)23(31)25(3,4)19(26)10-21(30)27(20,6)35-17(14)9-16(29)22(15)24(32)33-12/h9,12,18-21,29-30H,7-8,10-11H2,1-6H3/t12-,18+,19-,20+,21-,26-,27+/m0/s1. The number of benzene rings is 1. The number of fused-ring (bicyclic) bond motifs is 6. The fourth-order valence-electron chi connectivity index (χ4n) is 7.73. The summed E-state index contributed by atoms with van der Waals surface area (Å²) in [6.45, 7) is 10.9. The Kier molecular flexibility index (Phi) is 5.13.